The standard InChI is InChI=1S/C14H21N3O4/c1-5-20-13(18)10-7-15-12-11(14(19)21-6-2)8(3)16-17(12)9(10)4/h9-10,15H,5-7H2,1-4H3. The highest BCUT2D eigenvalue weighted by Gasteiger charge is 2.36. The number of nitrogens with one attached hydrogen (secondary N) is 1. The molecule has 0 amide bonds. The van der Waals surface area contributed by atoms with Gasteiger partial charge in [0.25, 0.3) is 0 Å². The van der Waals surface area contributed by atoms with Crippen molar-refractivity contribution in [2.24, 2.45) is 5.92 Å². The van der Waals surface area contributed by atoms with E-state index in [2.05, 4.69) is 10.4 Å². The molecule has 0 fully saturated rings. The van der Waals surface area contributed by atoms with Gasteiger partial charge in [0, 0.05) is 6.54 Å². The number of carbonyl (C=O) groups excluding carboxylic acids is 2. The third kappa shape index (κ3) is 2.72. The zero-order valence-corrected chi connectivity index (χ0v) is 12.8. The monoisotopic (exact) mass is 295 g/mol. The van der Waals surface area contributed by atoms with Crippen LogP contribution in [0.3, 0.4) is 0 Å². The highest BCUT2D eigenvalue weighted by molar-refractivity contribution is 5.96. The van der Waals surface area contributed by atoms with Crippen LogP contribution in [-0.4, -0.2) is 41.5 Å². The Morgan fingerprint density at radius 2 is 2.00 bits per heavy atom. The minimum atomic E-state index is -0.398. The van der Waals surface area contributed by atoms with E-state index in [0.717, 1.165) is 0 Å². The van der Waals surface area contributed by atoms with Gasteiger partial charge in [0.2, 0.25) is 0 Å². The predicted molar refractivity (Wildman–Crippen MR) is 76.2 cm³/mol. The molecule has 116 valence electrons. The molecule has 1 N–H and O–H groups in total. The molecule has 2 atom stereocenters. The topological polar surface area (TPSA) is 82.5 Å². The molecule has 0 bridgehead atoms. The summed E-state index contributed by atoms with van der Waals surface area (Å²) >= 11 is 0. The number of aryl methyl sites for hydroxylation is 1. The lowest BCUT2D eigenvalue weighted by Gasteiger charge is -2.30. The van der Waals surface area contributed by atoms with Crippen LogP contribution in [0.2, 0.25) is 0 Å². The van der Waals surface area contributed by atoms with E-state index in [4.69, 9.17) is 9.47 Å². The highest BCUT2D eigenvalue weighted by Crippen LogP contribution is 2.32. The highest BCUT2D eigenvalue weighted by atomic mass is 16.5. The van der Waals surface area contributed by atoms with Gasteiger partial charge in [-0.15, -0.1) is 0 Å². The summed E-state index contributed by atoms with van der Waals surface area (Å²) in [7, 11) is 0. The van der Waals surface area contributed by atoms with Crippen LogP contribution in [0.1, 0.15) is 42.9 Å². The van der Waals surface area contributed by atoms with Crippen molar-refractivity contribution in [3.8, 4) is 0 Å². The summed E-state index contributed by atoms with van der Waals surface area (Å²) in [5, 5.41) is 7.48. The smallest absolute Gasteiger partial charge is 0.343 e. The van der Waals surface area contributed by atoms with Gasteiger partial charge in [0.1, 0.15) is 11.4 Å². The first-order chi connectivity index (χ1) is 10.0. The van der Waals surface area contributed by atoms with Crippen molar-refractivity contribution in [2.75, 3.05) is 25.1 Å². The van der Waals surface area contributed by atoms with E-state index >= 15 is 0 Å². The third-order valence-corrected chi connectivity index (χ3v) is 3.61. The van der Waals surface area contributed by atoms with Crippen LogP contribution in [0.25, 0.3) is 0 Å². The molecule has 2 unspecified atom stereocenters. The van der Waals surface area contributed by atoms with Crippen molar-refractivity contribution in [3.63, 3.8) is 0 Å². The molecule has 1 aliphatic heterocycles. The first kappa shape index (κ1) is 15.3. The Morgan fingerprint density at radius 3 is 2.62 bits per heavy atom. The van der Waals surface area contributed by atoms with Gasteiger partial charge in [-0.05, 0) is 27.7 Å². The second-order valence-corrected chi connectivity index (χ2v) is 4.95. The van der Waals surface area contributed by atoms with Crippen molar-refractivity contribution in [3.05, 3.63) is 11.3 Å². The molecule has 2 rings (SSSR count). The fraction of sp³-hybridized carbons (Fsp3) is 0.643. The maximum Gasteiger partial charge on any atom is 0.343 e. The quantitative estimate of drug-likeness (QED) is 0.848. The number of nitrogens with zero attached hydrogens (tertiary/aromatic N) is 2. The molecule has 0 spiro atoms. The first-order valence-electron chi connectivity index (χ1n) is 7.17. The maximum absolute atomic E-state index is 12.0. The molecule has 1 aromatic heterocycles. The Kier molecular flexibility index (Phi) is 4.50. The van der Waals surface area contributed by atoms with Crippen molar-refractivity contribution in [2.45, 2.75) is 33.7 Å². The van der Waals surface area contributed by atoms with Gasteiger partial charge in [0.05, 0.1) is 30.9 Å². The summed E-state index contributed by atoms with van der Waals surface area (Å²) in [4.78, 5) is 24.0. The summed E-state index contributed by atoms with van der Waals surface area (Å²) in [6, 6.07) is -0.179. The molecule has 1 aromatic rings. The van der Waals surface area contributed by atoms with Crippen molar-refractivity contribution in [1.82, 2.24) is 9.78 Å². The second kappa shape index (κ2) is 6.15. The van der Waals surface area contributed by atoms with Crippen LogP contribution < -0.4 is 5.32 Å². The Morgan fingerprint density at radius 1 is 1.33 bits per heavy atom. The number of fused-ring (bicyclic) bond motifs is 1. The molecule has 7 heteroatoms. The van der Waals surface area contributed by atoms with Crippen LogP contribution in [0, 0.1) is 12.8 Å². The average molecular weight is 295 g/mol. The maximum atomic E-state index is 12.0. The molecule has 1 aliphatic rings. The molecule has 0 saturated carbocycles. The van der Waals surface area contributed by atoms with E-state index in [1.807, 2.05) is 6.92 Å². The van der Waals surface area contributed by atoms with Gasteiger partial charge in [-0.3, -0.25) is 4.79 Å². The molecule has 0 saturated heterocycles. The number of hydrogen-bond acceptors (Lipinski definition) is 6. The minimum Gasteiger partial charge on any atom is -0.466 e. The van der Waals surface area contributed by atoms with Crippen molar-refractivity contribution < 1.29 is 19.1 Å². The molecule has 0 aromatic carbocycles. The Labute approximate surface area is 123 Å². The normalized spacial score (nSPS) is 20.4. The SMILES string of the molecule is CCOC(=O)c1c(C)nn2c1NCC(C(=O)OCC)C2C. The van der Waals surface area contributed by atoms with Gasteiger partial charge in [-0.1, -0.05) is 0 Å². The van der Waals surface area contributed by atoms with Crippen molar-refractivity contribution >= 4 is 17.8 Å². The Balaban J connectivity index is 2.31. The van der Waals surface area contributed by atoms with Gasteiger partial charge < -0.3 is 14.8 Å². The fourth-order valence-electron chi connectivity index (χ4n) is 2.54. The lowest BCUT2D eigenvalue weighted by molar-refractivity contribution is -0.149. The predicted octanol–water partition coefficient (Wildman–Crippen LogP) is 1.53. The molecule has 0 aliphatic carbocycles. The second-order valence-electron chi connectivity index (χ2n) is 4.95. The van der Waals surface area contributed by atoms with Crippen molar-refractivity contribution in [1.29, 1.82) is 0 Å². The Hall–Kier alpha value is -2.05. The third-order valence-electron chi connectivity index (χ3n) is 3.61. The molecule has 2 heterocycles. The molecule has 0 radical (unpaired) electrons. The number of carbonyl (C=O) groups is 2. The van der Waals surface area contributed by atoms with E-state index < -0.39 is 5.97 Å². The average Bonchev–Trinajstić information content (AvgIpc) is 2.77. The zero-order chi connectivity index (χ0) is 15.6. The molecule has 21 heavy (non-hydrogen) atoms. The molecule has 7 nitrogen and oxygen atoms in total. The number of rotatable bonds is 4. The lowest BCUT2D eigenvalue weighted by atomic mass is 9.99. The number of aromatic nitrogens is 2. The minimum absolute atomic E-state index is 0.179. The number of anilines is 1. The van der Waals surface area contributed by atoms with Crippen LogP contribution in [0.5, 0.6) is 0 Å². The summed E-state index contributed by atoms with van der Waals surface area (Å²) in [5.41, 5.74) is 1.03. The summed E-state index contributed by atoms with van der Waals surface area (Å²) in [6.07, 6.45) is 0. The van der Waals surface area contributed by atoms with E-state index in [1.54, 1.807) is 25.5 Å². The van der Waals surface area contributed by atoms with E-state index in [-0.39, 0.29) is 17.9 Å². The summed E-state index contributed by atoms with van der Waals surface area (Å²) in [6.45, 7) is 8.26. The number of hydrogen-bond donors (Lipinski definition) is 1. The van der Waals surface area contributed by atoms with Gasteiger partial charge in [-0.25, -0.2) is 9.48 Å². The summed E-state index contributed by atoms with van der Waals surface area (Å²) in [5.74, 6) is -0.370. The largest absolute Gasteiger partial charge is 0.466 e. The van der Waals surface area contributed by atoms with Gasteiger partial charge in [-0.2, -0.15) is 5.10 Å². The fourth-order valence-corrected chi connectivity index (χ4v) is 2.54. The van der Waals surface area contributed by atoms with Crippen LogP contribution in [0.4, 0.5) is 5.82 Å². The molecular weight excluding hydrogens is 274 g/mol. The molecular formula is C14H21N3O4. The van der Waals surface area contributed by atoms with E-state index in [9.17, 15) is 9.59 Å². The van der Waals surface area contributed by atoms with Crippen LogP contribution >= 0.6 is 0 Å². The Bertz CT molecular complexity index is 553. The van der Waals surface area contributed by atoms with Gasteiger partial charge >= 0.3 is 11.9 Å². The van der Waals surface area contributed by atoms with E-state index in [1.165, 1.54) is 0 Å². The van der Waals surface area contributed by atoms with Crippen LogP contribution in [0.15, 0.2) is 0 Å². The van der Waals surface area contributed by atoms with E-state index in [0.29, 0.717) is 36.8 Å². The zero-order valence-electron chi connectivity index (χ0n) is 12.8. The first-order valence-corrected chi connectivity index (χ1v) is 7.17. The van der Waals surface area contributed by atoms with Gasteiger partial charge in [0.15, 0.2) is 0 Å². The van der Waals surface area contributed by atoms with Crippen LogP contribution in [-0.2, 0) is 14.3 Å². The summed E-state index contributed by atoms with van der Waals surface area (Å²) < 4.78 is 11.8. The lowest BCUT2D eigenvalue weighted by Crippen LogP contribution is -2.38. The number of ether oxygens (including phenoxy) is 2. The number of esters is 2.